The van der Waals surface area contributed by atoms with Crippen molar-refractivity contribution in [3.63, 3.8) is 0 Å². The standard InChI is InChI=1S/C33H40N2O/c1-25(2)13-14-26-9-8-12-32(23-26)35(33(36)30-10-6-5-7-11-30)24-27-15-17-28(18-16-27)29-19-21-31(22-20-29)34(3)4/h8-9,12-13,15-23,30H,5-7,10-11,14,24H2,1-4H3. The summed E-state index contributed by atoms with van der Waals surface area (Å²) in [7, 11) is 4.11. The van der Waals surface area contributed by atoms with Crippen LogP contribution in [0.5, 0.6) is 0 Å². The summed E-state index contributed by atoms with van der Waals surface area (Å²) in [6.45, 7) is 4.85. The van der Waals surface area contributed by atoms with Crippen molar-refractivity contribution in [1.82, 2.24) is 0 Å². The van der Waals surface area contributed by atoms with Gasteiger partial charge in [0.25, 0.3) is 0 Å². The van der Waals surface area contributed by atoms with Crippen molar-refractivity contribution in [3.05, 3.63) is 95.6 Å². The van der Waals surface area contributed by atoms with Crippen LogP contribution >= 0.6 is 0 Å². The second-order valence-corrected chi connectivity index (χ2v) is 10.6. The lowest BCUT2D eigenvalue weighted by Crippen LogP contribution is -2.36. The Labute approximate surface area is 217 Å². The predicted octanol–water partition coefficient (Wildman–Crippen LogP) is 8.04. The van der Waals surface area contributed by atoms with Crippen LogP contribution in [-0.2, 0) is 17.8 Å². The minimum absolute atomic E-state index is 0.134. The average Bonchev–Trinajstić information content (AvgIpc) is 2.91. The summed E-state index contributed by atoms with van der Waals surface area (Å²) < 4.78 is 0. The first-order valence-corrected chi connectivity index (χ1v) is 13.3. The highest BCUT2D eigenvalue weighted by atomic mass is 16.2. The van der Waals surface area contributed by atoms with E-state index >= 15 is 0 Å². The molecule has 0 radical (unpaired) electrons. The highest BCUT2D eigenvalue weighted by Gasteiger charge is 2.27. The zero-order valence-corrected chi connectivity index (χ0v) is 22.3. The molecule has 1 aliphatic rings. The van der Waals surface area contributed by atoms with E-state index in [1.54, 1.807) is 0 Å². The van der Waals surface area contributed by atoms with Crippen molar-refractivity contribution >= 4 is 17.3 Å². The summed E-state index contributed by atoms with van der Waals surface area (Å²) >= 11 is 0. The van der Waals surface area contributed by atoms with E-state index in [9.17, 15) is 4.79 Å². The van der Waals surface area contributed by atoms with Crippen LogP contribution in [0.15, 0.2) is 84.4 Å². The summed E-state index contributed by atoms with van der Waals surface area (Å²) in [5.41, 5.74) is 8.31. The molecule has 0 aromatic heterocycles. The molecule has 3 heteroatoms. The lowest BCUT2D eigenvalue weighted by molar-refractivity contribution is -0.123. The number of rotatable bonds is 8. The highest BCUT2D eigenvalue weighted by Crippen LogP contribution is 2.30. The quantitative estimate of drug-likeness (QED) is 0.305. The van der Waals surface area contributed by atoms with E-state index in [1.165, 1.54) is 34.4 Å². The van der Waals surface area contributed by atoms with Crippen LogP contribution in [0.4, 0.5) is 11.4 Å². The van der Waals surface area contributed by atoms with Gasteiger partial charge in [-0.05, 0) is 79.6 Å². The third-order valence-corrected chi connectivity index (χ3v) is 7.20. The summed E-state index contributed by atoms with van der Waals surface area (Å²) in [6, 6.07) is 25.9. The number of amides is 1. The molecule has 188 valence electrons. The van der Waals surface area contributed by atoms with Crippen LogP contribution in [-0.4, -0.2) is 20.0 Å². The molecule has 1 amide bonds. The molecule has 0 N–H and O–H groups in total. The van der Waals surface area contributed by atoms with Crippen molar-refractivity contribution < 1.29 is 4.79 Å². The molecule has 3 nitrogen and oxygen atoms in total. The lowest BCUT2D eigenvalue weighted by Gasteiger charge is -2.30. The molecular weight excluding hydrogens is 440 g/mol. The highest BCUT2D eigenvalue weighted by molar-refractivity contribution is 5.95. The maximum Gasteiger partial charge on any atom is 0.230 e. The first kappa shape index (κ1) is 25.8. The monoisotopic (exact) mass is 480 g/mol. The van der Waals surface area contributed by atoms with Crippen molar-refractivity contribution in [3.8, 4) is 11.1 Å². The fourth-order valence-corrected chi connectivity index (χ4v) is 4.98. The maximum atomic E-state index is 13.8. The second kappa shape index (κ2) is 12.1. The Morgan fingerprint density at radius 2 is 1.44 bits per heavy atom. The summed E-state index contributed by atoms with van der Waals surface area (Å²) in [4.78, 5) is 17.9. The SMILES string of the molecule is CC(C)=CCc1cccc(N(Cc2ccc(-c3ccc(N(C)C)cc3)cc2)C(=O)C2CCCCC2)c1. The smallest absolute Gasteiger partial charge is 0.230 e. The van der Waals surface area contributed by atoms with Crippen molar-refractivity contribution in [1.29, 1.82) is 0 Å². The summed E-state index contributed by atoms with van der Waals surface area (Å²) in [5.74, 6) is 0.409. The van der Waals surface area contributed by atoms with Gasteiger partial charge >= 0.3 is 0 Å². The molecule has 4 rings (SSSR count). The van der Waals surface area contributed by atoms with E-state index in [0.717, 1.165) is 43.4 Å². The number of hydrogen-bond donors (Lipinski definition) is 0. The fourth-order valence-electron chi connectivity index (χ4n) is 4.98. The molecule has 0 bridgehead atoms. The van der Waals surface area contributed by atoms with Gasteiger partial charge in [-0.15, -0.1) is 0 Å². The Bertz CT molecular complexity index is 1170. The molecule has 1 saturated carbocycles. The zero-order chi connectivity index (χ0) is 25.5. The Hall–Kier alpha value is -3.33. The van der Waals surface area contributed by atoms with Gasteiger partial charge in [-0.3, -0.25) is 4.79 Å². The second-order valence-electron chi connectivity index (χ2n) is 10.6. The molecular formula is C33H40N2O. The van der Waals surface area contributed by atoms with Gasteiger partial charge in [-0.2, -0.15) is 0 Å². The number of hydrogen-bond acceptors (Lipinski definition) is 2. The minimum Gasteiger partial charge on any atom is -0.378 e. The molecule has 0 spiro atoms. The van der Waals surface area contributed by atoms with Gasteiger partial charge < -0.3 is 9.80 Å². The largest absolute Gasteiger partial charge is 0.378 e. The normalized spacial score (nSPS) is 13.8. The molecule has 0 heterocycles. The number of carbonyl (C=O) groups is 1. The van der Waals surface area contributed by atoms with Crippen molar-refractivity contribution in [2.75, 3.05) is 23.9 Å². The van der Waals surface area contributed by atoms with Gasteiger partial charge in [0.1, 0.15) is 0 Å². The Morgan fingerprint density at radius 1 is 0.806 bits per heavy atom. The van der Waals surface area contributed by atoms with Crippen molar-refractivity contribution in [2.24, 2.45) is 5.92 Å². The van der Waals surface area contributed by atoms with E-state index in [4.69, 9.17) is 0 Å². The van der Waals surface area contributed by atoms with E-state index < -0.39 is 0 Å². The molecule has 0 atom stereocenters. The van der Waals surface area contributed by atoms with Crippen LogP contribution in [0.25, 0.3) is 11.1 Å². The van der Waals surface area contributed by atoms with E-state index in [2.05, 4.69) is 112 Å². The summed E-state index contributed by atoms with van der Waals surface area (Å²) in [6.07, 6.45) is 8.72. The third kappa shape index (κ3) is 6.66. The van der Waals surface area contributed by atoms with Crippen LogP contribution in [0, 0.1) is 5.92 Å². The molecule has 36 heavy (non-hydrogen) atoms. The van der Waals surface area contributed by atoms with E-state index in [-0.39, 0.29) is 11.8 Å². The van der Waals surface area contributed by atoms with Crippen LogP contribution < -0.4 is 9.80 Å². The molecule has 3 aromatic carbocycles. The average molecular weight is 481 g/mol. The third-order valence-electron chi connectivity index (χ3n) is 7.20. The lowest BCUT2D eigenvalue weighted by atomic mass is 9.88. The Balaban J connectivity index is 1.57. The number of benzene rings is 3. The first-order valence-electron chi connectivity index (χ1n) is 13.3. The van der Waals surface area contributed by atoms with E-state index in [0.29, 0.717) is 6.54 Å². The van der Waals surface area contributed by atoms with Gasteiger partial charge in [0.2, 0.25) is 5.91 Å². The molecule has 3 aromatic rings. The van der Waals surface area contributed by atoms with Crippen LogP contribution in [0.3, 0.4) is 0 Å². The van der Waals surface area contributed by atoms with Gasteiger partial charge in [-0.1, -0.05) is 79.4 Å². The Morgan fingerprint density at radius 3 is 2.06 bits per heavy atom. The molecule has 1 fully saturated rings. The maximum absolute atomic E-state index is 13.8. The fraction of sp³-hybridized carbons (Fsp3) is 0.364. The number of allylic oxidation sites excluding steroid dienone is 2. The Kier molecular flexibility index (Phi) is 8.64. The molecule has 0 saturated heterocycles. The van der Waals surface area contributed by atoms with Crippen LogP contribution in [0.1, 0.15) is 57.1 Å². The molecule has 0 unspecified atom stereocenters. The molecule has 1 aliphatic carbocycles. The zero-order valence-electron chi connectivity index (χ0n) is 22.3. The summed E-state index contributed by atoms with van der Waals surface area (Å²) in [5, 5.41) is 0. The number of nitrogens with zero attached hydrogens (tertiary/aromatic N) is 2. The van der Waals surface area contributed by atoms with Crippen LogP contribution in [0.2, 0.25) is 0 Å². The van der Waals surface area contributed by atoms with Gasteiger partial charge in [0.15, 0.2) is 0 Å². The van der Waals surface area contributed by atoms with Gasteiger partial charge in [-0.25, -0.2) is 0 Å². The number of carbonyl (C=O) groups excluding carboxylic acids is 1. The minimum atomic E-state index is 0.134. The number of anilines is 2. The first-order chi connectivity index (χ1) is 17.4. The topological polar surface area (TPSA) is 23.6 Å². The van der Waals surface area contributed by atoms with Gasteiger partial charge in [0.05, 0.1) is 6.54 Å². The van der Waals surface area contributed by atoms with Gasteiger partial charge in [0, 0.05) is 31.4 Å². The molecule has 0 aliphatic heterocycles. The van der Waals surface area contributed by atoms with E-state index in [1.807, 2.05) is 4.90 Å². The van der Waals surface area contributed by atoms with Crippen molar-refractivity contribution in [2.45, 2.75) is 58.9 Å². The predicted molar refractivity (Wildman–Crippen MR) is 154 cm³/mol.